The number of rotatable bonds is 5. The zero-order valence-electron chi connectivity index (χ0n) is 14.5. The van der Waals surface area contributed by atoms with Crippen molar-refractivity contribution in [3.63, 3.8) is 0 Å². The van der Waals surface area contributed by atoms with E-state index in [1.807, 2.05) is 36.5 Å². The number of fused-ring (bicyclic) bond motifs is 1. The fourth-order valence-electron chi connectivity index (χ4n) is 3.32. The van der Waals surface area contributed by atoms with E-state index in [2.05, 4.69) is 21.7 Å². The van der Waals surface area contributed by atoms with E-state index in [1.165, 1.54) is 11.6 Å². The summed E-state index contributed by atoms with van der Waals surface area (Å²) >= 11 is 5.96. The Labute approximate surface area is 161 Å². The highest BCUT2D eigenvalue weighted by Gasteiger charge is 2.14. The summed E-state index contributed by atoms with van der Waals surface area (Å²) in [7, 11) is 0. The van der Waals surface area contributed by atoms with Crippen molar-refractivity contribution in [2.45, 2.75) is 13.0 Å². The summed E-state index contributed by atoms with van der Waals surface area (Å²) in [5, 5.41) is 10.9. The van der Waals surface area contributed by atoms with Gasteiger partial charge in [-0.3, -0.25) is 0 Å². The molecule has 0 aliphatic rings. The van der Waals surface area contributed by atoms with E-state index in [9.17, 15) is 9.90 Å². The van der Waals surface area contributed by atoms with Crippen LogP contribution in [-0.4, -0.2) is 20.6 Å². The molecule has 4 aromatic rings. The van der Waals surface area contributed by atoms with Crippen LogP contribution >= 0.6 is 11.6 Å². The normalized spacial score (nSPS) is 11.0. The topological polar surface area (TPSA) is 55.1 Å². The molecule has 0 fully saturated rings. The van der Waals surface area contributed by atoms with Crippen molar-refractivity contribution in [3.05, 3.63) is 100 Å². The molecular formula is C22H17ClN2O2. The third-order valence-corrected chi connectivity index (χ3v) is 4.87. The van der Waals surface area contributed by atoms with Gasteiger partial charge in [-0.2, -0.15) is 0 Å². The third kappa shape index (κ3) is 3.57. The van der Waals surface area contributed by atoms with Gasteiger partial charge in [0.05, 0.1) is 5.56 Å². The van der Waals surface area contributed by atoms with Crippen molar-refractivity contribution in [3.8, 4) is 0 Å². The molecule has 0 radical (unpaired) electrons. The Bertz CT molecular complexity index is 1120. The fourth-order valence-corrected chi connectivity index (χ4v) is 3.49. The van der Waals surface area contributed by atoms with Crippen LogP contribution in [-0.2, 0) is 13.0 Å². The van der Waals surface area contributed by atoms with Crippen LogP contribution in [0.4, 0.5) is 0 Å². The van der Waals surface area contributed by atoms with Crippen molar-refractivity contribution in [2.24, 2.45) is 0 Å². The van der Waals surface area contributed by atoms with E-state index in [4.69, 9.17) is 11.6 Å². The molecule has 4 nitrogen and oxygen atoms in total. The Balaban J connectivity index is 1.71. The van der Waals surface area contributed by atoms with E-state index in [1.54, 1.807) is 18.3 Å². The summed E-state index contributed by atoms with van der Waals surface area (Å²) in [4.78, 5) is 16.1. The van der Waals surface area contributed by atoms with Crippen molar-refractivity contribution < 1.29 is 9.90 Å². The number of benzene rings is 2. The lowest BCUT2D eigenvalue weighted by Crippen LogP contribution is -2.04. The molecule has 0 spiro atoms. The van der Waals surface area contributed by atoms with Crippen LogP contribution in [0.1, 0.15) is 27.0 Å². The SMILES string of the molecule is O=C(O)c1cc(Cl)ccc1Cc1ccnc2c1ccn2Cc1ccccc1. The van der Waals surface area contributed by atoms with Crippen LogP contribution < -0.4 is 0 Å². The summed E-state index contributed by atoms with van der Waals surface area (Å²) in [6.07, 6.45) is 4.30. The molecule has 2 heterocycles. The second-order valence-corrected chi connectivity index (χ2v) is 6.86. The van der Waals surface area contributed by atoms with Gasteiger partial charge >= 0.3 is 5.97 Å². The van der Waals surface area contributed by atoms with Crippen LogP contribution in [0.5, 0.6) is 0 Å². The van der Waals surface area contributed by atoms with Gasteiger partial charge < -0.3 is 9.67 Å². The third-order valence-electron chi connectivity index (χ3n) is 4.63. The first-order valence-electron chi connectivity index (χ1n) is 8.60. The molecular weight excluding hydrogens is 360 g/mol. The number of aromatic carboxylic acids is 1. The van der Waals surface area contributed by atoms with Gasteiger partial charge in [0.1, 0.15) is 5.65 Å². The molecule has 0 amide bonds. The molecule has 5 heteroatoms. The lowest BCUT2D eigenvalue weighted by Gasteiger charge is -2.09. The lowest BCUT2D eigenvalue weighted by atomic mass is 9.99. The van der Waals surface area contributed by atoms with Crippen LogP contribution in [0.2, 0.25) is 5.02 Å². The number of halogens is 1. The maximum Gasteiger partial charge on any atom is 0.336 e. The van der Waals surface area contributed by atoms with Gasteiger partial charge in [-0.15, -0.1) is 0 Å². The number of carboxylic acids is 1. The largest absolute Gasteiger partial charge is 0.478 e. The molecule has 2 aromatic heterocycles. The second-order valence-electron chi connectivity index (χ2n) is 6.42. The van der Waals surface area contributed by atoms with Crippen LogP contribution in [0, 0.1) is 0 Å². The summed E-state index contributed by atoms with van der Waals surface area (Å²) < 4.78 is 2.11. The lowest BCUT2D eigenvalue weighted by molar-refractivity contribution is 0.0696. The second kappa shape index (κ2) is 7.25. The van der Waals surface area contributed by atoms with E-state index in [-0.39, 0.29) is 5.56 Å². The number of carbonyl (C=O) groups is 1. The van der Waals surface area contributed by atoms with Gasteiger partial charge in [0.25, 0.3) is 0 Å². The molecule has 0 saturated carbocycles. The van der Waals surface area contributed by atoms with Gasteiger partial charge in [-0.1, -0.05) is 48.0 Å². The van der Waals surface area contributed by atoms with Gasteiger partial charge in [-0.05, 0) is 47.4 Å². The molecule has 0 bridgehead atoms. The summed E-state index contributed by atoms with van der Waals surface area (Å²) in [5.41, 5.74) is 4.10. The number of pyridine rings is 1. The summed E-state index contributed by atoms with van der Waals surface area (Å²) in [6, 6.07) is 19.2. The highest BCUT2D eigenvalue weighted by molar-refractivity contribution is 6.31. The summed E-state index contributed by atoms with van der Waals surface area (Å²) in [5.74, 6) is -0.973. The molecule has 134 valence electrons. The molecule has 4 rings (SSSR count). The van der Waals surface area contributed by atoms with E-state index >= 15 is 0 Å². The smallest absolute Gasteiger partial charge is 0.336 e. The van der Waals surface area contributed by atoms with Crippen LogP contribution in [0.15, 0.2) is 73.1 Å². The van der Waals surface area contributed by atoms with Gasteiger partial charge in [0.15, 0.2) is 0 Å². The van der Waals surface area contributed by atoms with Crippen molar-refractivity contribution in [2.75, 3.05) is 0 Å². The van der Waals surface area contributed by atoms with E-state index in [0.29, 0.717) is 11.4 Å². The fraction of sp³-hybridized carbons (Fsp3) is 0.0909. The van der Waals surface area contributed by atoms with E-state index in [0.717, 1.165) is 28.7 Å². The van der Waals surface area contributed by atoms with Crippen molar-refractivity contribution in [1.82, 2.24) is 9.55 Å². The van der Waals surface area contributed by atoms with Crippen molar-refractivity contribution in [1.29, 1.82) is 0 Å². The Hall–Kier alpha value is -3.11. The molecule has 2 aromatic carbocycles. The monoisotopic (exact) mass is 376 g/mol. The van der Waals surface area contributed by atoms with E-state index < -0.39 is 5.97 Å². The Morgan fingerprint density at radius 2 is 1.85 bits per heavy atom. The first-order valence-corrected chi connectivity index (χ1v) is 8.98. The first-order chi connectivity index (χ1) is 13.1. The minimum absolute atomic E-state index is 0.233. The summed E-state index contributed by atoms with van der Waals surface area (Å²) in [6.45, 7) is 0.738. The molecule has 27 heavy (non-hydrogen) atoms. The minimum Gasteiger partial charge on any atom is -0.478 e. The maximum atomic E-state index is 11.6. The van der Waals surface area contributed by atoms with Crippen LogP contribution in [0.25, 0.3) is 11.0 Å². The Morgan fingerprint density at radius 1 is 1.04 bits per heavy atom. The molecule has 0 aliphatic heterocycles. The highest BCUT2D eigenvalue weighted by Crippen LogP contribution is 2.24. The maximum absolute atomic E-state index is 11.6. The number of hydrogen-bond acceptors (Lipinski definition) is 2. The molecule has 1 N–H and O–H groups in total. The van der Waals surface area contributed by atoms with Gasteiger partial charge in [0.2, 0.25) is 0 Å². The quantitative estimate of drug-likeness (QED) is 0.531. The first kappa shape index (κ1) is 17.3. The zero-order valence-corrected chi connectivity index (χ0v) is 15.2. The Morgan fingerprint density at radius 3 is 2.63 bits per heavy atom. The minimum atomic E-state index is -0.973. The Kier molecular flexibility index (Phi) is 4.65. The predicted molar refractivity (Wildman–Crippen MR) is 106 cm³/mol. The predicted octanol–water partition coefficient (Wildman–Crippen LogP) is 5.03. The standard InChI is InChI=1S/C22H17ClN2O2/c23-18-7-6-16(20(13-18)22(26)27)12-17-8-10-24-21-19(17)9-11-25(21)14-15-4-2-1-3-5-15/h1-11,13H,12,14H2,(H,26,27). The number of aromatic nitrogens is 2. The average molecular weight is 377 g/mol. The van der Waals surface area contributed by atoms with Crippen LogP contribution in [0.3, 0.4) is 0 Å². The molecule has 0 aliphatic carbocycles. The molecule has 0 atom stereocenters. The zero-order chi connectivity index (χ0) is 18.8. The van der Waals surface area contributed by atoms with Gasteiger partial charge in [-0.25, -0.2) is 9.78 Å². The van der Waals surface area contributed by atoms with Gasteiger partial charge in [0, 0.05) is 29.3 Å². The molecule has 0 unspecified atom stereocenters. The number of hydrogen-bond donors (Lipinski definition) is 1. The number of carboxylic acid groups (broad SMARTS) is 1. The number of nitrogens with zero attached hydrogens (tertiary/aromatic N) is 2. The molecule has 0 saturated heterocycles. The van der Waals surface area contributed by atoms with Crippen molar-refractivity contribution >= 4 is 28.6 Å². The average Bonchev–Trinajstić information content (AvgIpc) is 3.08. The highest BCUT2D eigenvalue weighted by atomic mass is 35.5.